The molecule has 1 heterocycles. The number of amides is 1. The Bertz CT molecular complexity index is 1330. The van der Waals surface area contributed by atoms with Gasteiger partial charge in [-0.25, -0.2) is 18.2 Å². The summed E-state index contributed by atoms with van der Waals surface area (Å²) in [6.45, 7) is 1.43. The van der Waals surface area contributed by atoms with Crippen molar-refractivity contribution in [1.82, 2.24) is 9.66 Å². The molecule has 0 aliphatic carbocycles. The van der Waals surface area contributed by atoms with Crippen LogP contribution in [0.4, 0.5) is 10.5 Å². The van der Waals surface area contributed by atoms with Gasteiger partial charge in [-0.3, -0.25) is 4.79 Å². The topological polar surface area (TPSA) is 110 Å². The van der Waals surface area contributed by atoms with Crippen molar-refractivity contribution in [2.45, 2.75) is 17.1 Å². The zero-order valence-corrected chi connectivity index (χ0v) is 20.1. The van der Waals surface area contributed by atoms with Crippen LogP contribution in [0.5, 0.6) is 0 Å². The predicted molar refractivity (Wildman–Crippen MR) is 121 cm³/mol. The number of aromatic nitrogens is 2. The summed E-state index contributed by atoms with van der Waals surface area (Å²) in [6.07, 6.45) is -0.544. The highest BCUT2D eigenvalue weighted by Gasteiger charge is 2.27. The van der Waals surface area contributed by atoms with E-state index in [1.807, 2.05) is 0 Å². The molecule has 0 fully saturated rings. The minimum absolute atomic E-state index is 0.109. The molecule has 12 heteroatoms. The van der Waals surface area contributed by atoms with Gasteiger partial charge in [-0.05, 0) is 35.9 Å². The third-order valence-corrected chi connectivity index (χ3v) is 7.67. The number of carboxylic acid groups (broad SMARTS) is 1. The molecule has 0 spiro atoms. The summed E-state index contributed by atoms with van der Waals surface area (Å²) < 4.78 is 26.4. The molecule has 0 unspecified atom stereocenters. The van der Waals surface area contributed by atoms with Crippen molar-refractivity contribution in [1.29, 1.82) is 0 Å². The summed E-state index contributed by atoms with van der Waals surface area (Å²) in [5.74, 6) is -0.262. The van der Waals surface area contributed by atoms with Crippen LogP contribution in [0.25, 0.3) is 10.9 Å². The smallest absolute Gasteiger partial charge is 0.431 e. The largest absolute Gasteiger partial charge is 0.463 e. The Morgan fingerprint density at radius 3 is 2.60 bits per heavy atom. The van der Waals surface area contributed by atoms with Crippen LogP contribution in [0.2, 0.25) is 5.02 Å². The molecule has 8 nitrogen and oxygen atoms in total. The number of carbonyl (C=O) groups is 1. The summed E-state index contributed by atoms with van der Waals surface area (Å²) in [7, 11) is -3.82. The second-order valence-corrected chi connectivity index (χ2v) is 10.2. The van der Waals surface area contributed by atoms with Crippen LogP contribution in [-0.2, 0) is 15.2 Å². The number of sulfone groups is 1. The maximum absolute atomic E-state index is 13.1. The van der Waals surface area contributed by atoms with Gasteiger partial charge in [0.15, 0.2) is 9.84 Å². The lowest BCUT2D eigenvalue weighted by Crippen LogP contribution is -2.43. The monoisotopic (exact) mass is 577 g/mol. The molecule has 0 aliphatic rings. The van der Waals surface area contributed by atoms with E-state index in [1.54, 1.807) is 12.1 Å². The SMILES string of the molecule is CCS(=O)(=O)c1ccc(Cl)cc1N(C(=O)O)n1cnc2cc(CBr)c(Br)cc2c1=O. The van der Waals surface area contributed by atoms with Crippen LogP contribution >= 0.6 is 43.5 Å². The van der Waals surface area contributed by atoms with E-state index < -0.39 is 21.5 Å². The van der Waals surface area contributed by atoms with E-state index in [4.69, 9.17) is 11.6 Å². The number of hydrogen-bond donors (Lipinski definition) is 1. The standard InChI is InChI=1S/C18H14Br2ClN3O5S/c1-2-30(28,29)16-4-3-11(21)6-15(16)24(18(26)27)23-9-22-14-5-10(8-19)13(20)7-12(14)17(23)25/h3-7,9H,2,8H2,1H3,(H,26,27). The van der Waals surface area contributed by atoms with Crippen molar-refractivity contribution in [3.8, 4) is 0 Å². The van der Waals surface area contributed by atoms with Gasteiger partial charge >= 0.3 is 6.09 Å². The zero-order chi connectivity index (χ0) is 22.2. The molecular formula is C18H14Br2ClN3O5S. The van der Waals surface area contributed by atoms with E-state index in [2.05, 4.69) is 36.8 Å². The maximum Gasteiger partial charge on any atom is 0.431 e. The maximum atomic E-state index is 13.1. The van der Waals surface area contributed by atoms with E-state index in [-0.39, 0.29) is 26.7 Å². The van der Waals surface area contributed by atoms with Crippen LogP contribution < -0.4 is 10.6 Å². The van der Waals surface area contributed by atoms with E-state index in [0.29, 0.717) is 20.3 Å². The molecule has 3 rings (SSSR count). The van der Waals surface area contributed by atoms with Crippen LogP contribution in [-0.4, -0.2) is 35.0 Å². The number of anilines is 1. The fraction of sp³-hybridized carbons (Fsp3) is 0.167. The van der Waals surface area contributed by atoms with Gasteiger partial charge in [0.1, 0.15) is 6.33 Å². The highest BCUT2D eigenvalue weighted by Crippen LogP contribution is 2.30. The van der Waals surface area contributed by atoms with Gasteiger partial charge in [0.05, 0.1) is 27.2 Å². The van der Waals surface area contributed by atoms with Gasteiger partial charge in [0.25, 0.3) is 5.56 Å². The first-order valence-corrected chi connectivity index (χ1v) is 12.4. The third kappa shape index (κ3) is 4.11. The minimum atomic E-state index is -3.82. The highest BCUT2D eigenvalue weighted by atomic mass is 79.9. The van der Waals surface area contributed by atoms with Gasteiger partial charge in [0, 0.05) is 14.8 Å². The minimum Gasteiger partial charge on any atom is -0.463 e. The lowest BCUT2D eigenvalue weighted by molar-refractivity contribution is 0.198. The molecule has 1 N–H and O–H groups in total. The molecule has 3 aromatic rings. The van der Waals surface area contributed by atoms with Crippen molar-refractivity contribution >= 4 is 76.0 Å². The van der Waals surface area contributed by atoms with Gasteiger partial charge in [-0.2, -0.15) is 9.69 Å². The fourth-order valence-electron chi connectivity index (χ4n) is 2.81. The highest BCUT2D eigenvalue weighted by molar-refractivity contribution is 9.10. The molecule has 0 radical (unpaired) electrons. The van der Waals surface area contributed by atoms with Crippen LogP contribution in [0.1, 0.15) is 12.5 Å². The van der Waals surface area contributed by atoms with E-state index in [9.17, 15) is 23.1 Å². The molecule has 1 amide bonds. The normalized spacial score (nSPS) is 11.6. The first kappa shape index (κ1) is 22.7. The fourth-order valence-corrected chi connectivity index (χ4v) is 5.35. The van der Waals surface area contributed by atoms with E-state index in [1.165, 1.54) is 25.1 Å². The molecule has 1 aromatic heterocycles. The molecular weight excluding hydrogens is 566 g/mol. The third-order valence-electron chi connectivity index (χ3n) is 4.31. The van der Waals surface area contributed by atoms with Crippen LogP contribution in [0, 0.1) is 0 Å². The first-order valence-electron chi connectivity index (χ1n) is 8.42. The Morgan fingerprint density at radius 2 is 2.00 bits per heavy atom. The zero-order valence-electron chi connectivity index (χ0n) is 15.3. The van der Waals surface area contributed by atoms with E-state index >= 15 is 0 Å². The van der Waals surface area contributed by atoms with Crippen molar-refractivity contribution in [2.75, 3.05) is 10.8 Å². The van der Waals surface area contributed by atoms with Gasteiger partial charge in [-0.15, -0.1) is 0 Å². The number of benzene rings is 2. The van der Waals surface area contributed by atoms with Crippen molar-refractivity contribution in [2.24, 2.45) is 0 Å². The molecule has 0 saturated carbocycles. The molecule has 2 aromatic carbocycles. The summed E-state index contributed by atoms with van der Waals surface area (Å²) in [5, 5.41) is 11.2. The average molecular weight is 580 g/mol. The summed E-state index contributed by atoms with van der Waals surface area (Å²) in [4.78, 5) is 29.2. The second kappa shape index (κ2) is 8.66. The number of fused-ring (bicyclic) bond motifs is 1. The lowest BCUT2D eigenvalue weighted by Gasteiger charge is -2.23. The van der Waals surface area contributed by atoms with E-state index in [0.717, 1.165) is 16.6 Å². The predicted octanol–water partition coefficient (Wildman–Crippen LogP) is 4.45. The second-order valence-electron chi connectivity index (χ2n) is 6.10. The van der Waals surface area contributed by atoms with Crippen molar-refractivity contribution < 1.29 is 18.3 Å². The number of hydrogen-bond acceptors (Lipinski definition) is 5. The Balaban J connectivity index is 2.34. The summed E-state index contributed by atoms with van der Waals surface area (Å²) in [6, 6.07) is 6.97. The molecule has 0 bridgehead atoms. The number of alkyl halides is 1. The molecule has 0 saturated heterocycles. The molecule has 30 heavy (non-hydrogen) atoms. The van der Waals surface area contributed by atoms with Gasteiger partial charge in [-0.1, -0.05) is 50.4 Å². The Labute approximate surface area is 193 Å². The van der Waals surface area contributed by atoms with Crippen LogP contribution in [0.15, 0.2) is 50.8 Å². The van der Waals surface area contributed by atoms with Crippen molar-refractivity contribution in [3.63, 3.8) is 0 Å². The molecule has 158 valence electrons. The molecule has 0 aliphatic heterocycles. The first-order chi connectivity index (χ1) is 14.1. The number of halogens is 3. The van der Waals surface area contributed by atoms with Gasteiger partial charge in [0.2, 0.25) is 0 Å². The molecule has 0 atom stereocenters. The Morgan fingerprint density at radius 1 is 1.30 bits per heavy atom. The Hall–Kier alpha value is -1.95. The quantitative estimate of drug-likeness (QED) is 0.448. The lowest BCUT2D eigenvalue weighted by atomic mass is 10.2. The number of nitrogens with zero attached hydrogens (tertiary/aromatic N) is 3. The number of rotatable bonds is 5. The Kier molecular flexibility index (Phi) is 6.56. The van der Waals surface area contributed by atoms with Crippen LogP contribution in [0.3, 0.4) is 0 Å². The summed E-state index contributed by atoms with van der Waals surface area (Å²) >= 11 is 12.7. The van der Waals surface area contributed by atoms with Gasteiger partial charge < -0.3 is 5.11 Å². The summed E-state index contributed by atoms with van der Waals surface area (Å²) in [5.41, 5.74) is 0.264. The van der Waals surface area contributed by atoms with Crippen molar-refractivity contribution in [3.05, 3.63) is 62.1 Å². The average Bonchev–Trinajstić information content (AvgIpc) is 2.69.